The number of nitriles is 1. The van der Waals surface area contributed by atoms with Crippen LogP contribution in [0, 0.1) is 11.3 Å². The third-order valence-electron chi connectivity index (χ3n) is 4.58. The Morgan fingerprint density at radius 1 is 1.38 bits per heavy atom. The number of sulfonamides is 1. The van der Waals surface area contributed by atoms with Gasteiger partial charge in [0, 0.05) is 31.6 Å². The topological polar surface area (TPSA) is 77.3 Å². The number of fused-ring (bicyclic) bond motifs is 1. The van der Waals surface area contributed by atoms with Crippen molar-refractivity contribution in [3.8, 4) is 6.07 Å². The summed E-state index contributed by atoms with van der Waals surface area (Å²) >= 11 is 0. The summed E-state index contributed by atoms with van der Waals surface area (Å²) in [6.07, 6.45) is 2.95. The third-order valence-corrected chi connectivity index (χ3v) is 5.93. The highest BCUT2D eigenvalue weighted by Gasteiger charge is 2.28. The predicted molar refractivity (Wildman–Crippen MR) is 94.3 cm³/mol. The van der Waals surface area contributed by atoms with Crippen LogP contribution in [0.2, 0.25) is 0 Å². The van der Waals surface area contributed by atoms with Crippen LogP contribution in [0.25, 0.3) is 10.9 Å². The maximum absolute atomic E-state index is 11.8. The number of benzene rings is 1. The summed E-state index contributed by atoms with van der Waals surface area (Å²) in [6, 6.07) is 11.5. The first-order chi connectivity index (χ1) is 11.4. The second-order valence-corrected chi connectivity index (χ2v) is 8.22. The van der Waals surface area contributed by atoms with Crippen LogP contribution in [0.4, 0.5) is 5.82 Å². The number of para-hydroxylation sites is 1. The molecule has 1 aromatic carbocycles. The lowest BCUT2D eigenvalue weighted by Crippen LogP contribution is -2.48. The molecule has 2 aromatic rings. The van der Waals surface area contributed by atoms with Crippen molar-refractivity contribution in [2.75, 3.05) is 31.3 Å². The smallest absolute Gasteiger partial charge is 0.211 e. The van der Waals surface area contributed by atoms with Crippen LogP contribution in [0.3, 0.4) is 0 Å². The van der Waals surface area contributed by atoms with Crippen LogP contribution in [-0.4, -0.2) is 50.1 Å². The normalized spacial score (nSPS) is 18.8. The van der Waals surface area contributed by atoms with Crippen LogP contribution in [0.1, 0.15) is 18.4 Å². The van der Waals surface area contributed by atoms with Gasteiger partial charge in [0.1, 0.15) is 5.82 Å². The molecule has 6 nitrogen and oxygen atoms in total. The van der Waals surface area contributed by atoms with E-state index >= 15 is 0 Å². The Kier molecular flexibility index (Phi) is 4.43. The molecule has 1 saturated heterocycles. The Morgan fingerprint density at radius 2 is 2.12 bits per heavy atom. The van der Waals surface area contributed by atoms with Crippen LogP contribution in [0.5, 0.6) is 0 Å². The number of aromatic nitrogens is 1. The minimum atomic E-state index is -3.22. The molecule has 1 aliphatic heterocycles. The van der Waals surface area contributed by atoms with E-state index in [0.29, 0.717) is 12.1 Å². The number of anilines is 1. The molecule has 0 aliphatic carbocycles. The maximum Gasteiger partial charge on any atom is 0.211 e. The summed E-state index contributed by atoms with van der Waals surface area (Å²) in [4.78, 5) is 6.74. The van der Waals surface area contributed by atoms with Gasteiger partial charge in [-0.2, -0.15) is 5.26 Å². The van der Waals surface area contributed by atoms with Gasteiger partial charge in [-0.1, -0.05) is 18.2 Å². The van der Waals surface area contributed by atoms with Gasteiger partial charge >= 0.3 is 0 Å². The zero-order valence-corrected chi connectivity index (χ0v) is 14.6. The Bertz CT molecular complexity index is 904. The number of pyridine rings is 1. The van der Waals surface area contributed by atoms with E-state index in [2.05, 4.69) is 16.0 Å². The molecule has 0 spiro atoms. The molecule has 1 aliphatic rings. The summed E-state index contributed by atoms with van der Waals surface area (Å²) in [7, 11) is -1.60. The van der Waals surface area contributed by atoms with Gasteiger partial charge in [-0.15, -0.1) is 0 Å². The van der Waals surface area contributed by atoms with Crippen molar-refractivity contribution >= 4 is 26.7 Å². The molecule has 7 heteroatoms. The van der Waals surface area contributed by atoms with Crippen LogP contribution < -0.4 is 4.90 Å². The first-order valence-electron chi connectivity index (χ1n) is 7.88. The number of hydrogen-bond donors (Lipinski definition) is 0. The van der Waals surface area contributed by atoms with Gasteiger partial charge in [-0.3, -0.25) is 0 Å². The highest BCUT2D eigenvalue weighted by Crippen LogP contribution is 2.26. The molecule has 126 valence electrons. The largest absolute Gasteiger partial charge is 0.355 e. The summed E-state index contributed by atoms with van der Waals surface area (Å²) in [5.41, 5.74) is 1.37. The molecule has 0 saturated carbocycles. The number of piperidine rings is 1. The highest BCUT2D eigenvalue weighted by molar-refractivity contribution is 7.88. The summed E-state index contributed by atoms with van der Waals surface area (Å²) in [5, 5.41) is 10.3. The van der Waals surface area contributed by atoms with Gasteiger partial charge in [-0.05, 0) is 25.0 Å². The minimum absolute atomic E-state index is 0.0763. The number of rotatable bonds is 3. The predicted octanol–water partition coefficient (Wildman–Crippen LogP) is 1.97. The van der Waals surface area contributed by atoms with Crippen molar-refractivity contribution in [1.82, 2.24) is 9.29 Å². The Balaban J connectivity index is 1.94. The lowest BCUT2D eigenvalue weighted by atomic mass is 10.0. The van der Waals surface area contributed by atoms with E-state index in [-0.39, 0.29) is 6.04 Å². The fourth-order valence-corrected chi connectivity index (χ4v) is 3.86. The molecule has 24 heavy (non-hydrogen) atoms. The van der Waals surface area contributed by atoms with E-state index in [1.165, 1.54) is 10.6 Å². The van der Waals surface area contributed by atoms with E-state index in [1.54, 1.807) is 13.1 Å². The molecular formula is C17H20N4O2S. The average Bonchev–Trinajstić information content (AvgIpc) is 2.59. The summed E-state index contributed by atoms with van der Waals surface area (Å²) in [6.45, 7) is 1.39. The van der Waals surface area contributed by atoms with Gasteiger partial charge in [0.25, 0.3) is 0 Å². The average molecular weight is 344 g/mol. The van der Waals surface area contributed by atoms with E-state index in [1.807, 2.05) is 24.3 Å². The van der Waals surface area contributed by atoms with Crippen molar-refractivity contribution in [1.29, 1.82) is 5.26 Å². The fourth-order valence-electron chi connectivity index (χ4n) is 3.15. The van der Waals surface area contributed by atoms with E-state index in [9.17, 15) is 13.7 Å². The van der Waals surface area contributed by atoms with Crippen molar-refractivity contribution in [3.05, 3.63) is 35.9 Å². The van der Waals surface area contributed by atoms with Gasteiger partial charge in [0.05, 0.1) is 23.4 Å². The van der Waals surface area contributed by atoms with Gasteiger partial charge in [-0.25, -0.2) is 17.7 Å². The molecule has 0 N–H and O–H groups in total. The van der Waals surface area contributed by atoms with Crippen LogP contribution in [-0.2, 0) is 10.0 Å². The Morgan fingerprint density at radius 3 is 2.83 bits per heavy atom. The lowest BCUT2D eigenvalue weighted by Gasteiger charge is -2.37. The number of hydrogen-bond acceptors (Lipinski definition) is 5. The van der Waals surface area contributed by atoms with E-state index in [0.717, 1.165) is 36.1 Å². The standard InChI is InChI=1S/C17H20N4O2S/c1-20(24(2,22)23)14-6-5-9-21(12-14)17-10-13(11-18)15-7-3-4-8-16(15)19-17/h3-4,7-8,10,14H,5-6,9,12H2,1-2H3. The Hall–Kier alpha value is -2.17. The number of nitrogens with zero attached hydrogens (tertiary/aromatic N) is 4. The zero-order valence-electron chi connectivity index (χ0n) is 13.8. The number of likely N-dealkylation sites (N-methyl/N-ethyl adjacent to an activating group) is 1. The molecule has 2 heterocycles. The molecule has 1 aromatic heterocycles. The van der Waals surface area contributed by atoms with E-state index < -0.39 is 10.0 Å². The lowest BCUT2D eigenvalue weighted by molar-refractivity contribution is 0.321. The van der Waals surface area contributed by atoms with Crippen molar-refractivity contribution in [3.63, 3.8) is 0 Å². The van der Waals surface area contributed by atoms with Crippen molar-refractivity contribution < 1.29 is 8.42 Å². The van der Waals surface area contributed by atoms with E-state index in [4.69, 9.17) is 0 Å². The second-order valence-electron chi connectivity index (χ2n) is 6.18. The van der Waals surface area contributed by atoms with Gasteiger partial charge in [0.2, 0.25) is 10.0 Å². The molecule has 1 fully saturated rings. The highest BCUT2D eigenvalue weighted by atomic mass is 32.2. The molecule has 0 amide bonds. The van der Waals surface area contributed by atoms with Gasteiger partial charge in [0.15, 0.2) is 0 Å². The van der Waals surface area contributed by atoms with Crippen LogP contribution >= 0.6 is 0 Å². The molecule has 3 rings (SSSR count). The maximum atomic E-state index is 11.8. The van der Waals surface area contributed by atoms with Gasteiger partial charge < -0.3 is 4.90 Å². The zero-order chi connectivity index (χ0) is 17.3. The summed E-state index contributed by atoms with van der Waals surface area (Å²) in [5.74, 6) is 0.733. The quantitative estimate of drug-likeness (QED) is 0.851. The SMILES string of the molecule is CN(C1CCCN(c2cc(C#N)c3ccccc3n2)C1)S(C)(=O)=O. The Labute approximate surface area is 142 Å². The second kappa shape index (κ2) is 6.38. The van der Waals surface area contributed by atoms with Crippen LogP contribution in [0.15, 0.2) is 30.3 Å². The minimum Gasteiger partial charge on any atom is -0.355 e. The first-order valence-corrected chi connectivity index (χ1v) is 9.73. The molecule has 1 atom stereocenters. The molecule has 0 bridgehead atoms. The molecule has 1 unspecified atom stereocenters. The molecular weight excluding hydrogens is 324 g/mol. The summed E-state index contributed by atoms with van der Waals surface area (Å²) < 4.78 is 25.0. The first kappa shape index (κ1) is 16.7. The van der Waals surface area contributed by atoms with Crippen molar-refractivity contribution in [2.45, 2.75) is 18.9 Å². The third kappa shape index (κ3) is 3.21. The monoisotopic (exact) mass is 344 g/mol. The molecule has 0 radical (unpaired) electrons. The van der Waals surface area contributed by atoms with Crippen molar-refractivity contribution in [2.24, 2.45) is 0 Å². The fraction of sp³-hybridized carbons (Fsp3) is 0.412.